The number of hydrogen-bond donors (Lipinski definition) is 2. The number of hydrogen-bond acceptors (Lipinski definition) is 2. The third kappa shape index (κ3) is 5.19. The largest absolute Gasteiger partial charge is 0.481 e. The Labute approximate surface area is 195 Å². The third-order valence-corrected chi connectivity index (χ3v) is 6.54. The number of rotatable bonds is 9. The van der Waals surface area contributed by atoms with Gasteiger partial charge in [0, 0.05) is 17.4 Å². The number of carboxylic acid groups (broad SMARTS) is 1. The topological polar surface area (TPSA) is 71.3 Å². The molecule has 0 bridgehead atoms. The van der Waals surface area contributed by atoms with Gasteiger partial charge in [0.05, 0.1) is 5.92 Å². The molecule has 2 N–H and O–H groups in total. The molecule has 2 atom stereocenters. The van der Waals surface area contributed by atoms with Crippen LogP contribution in [0.2, 0.25) is 0 Å². The van der Waals surface area contributed by atoms with E-state index in [4.69, 9.17) is 0 Å². The van der Waals surface area contributed by atoms with Crippen molar-refractivity contribution in [3.05, 3.63) is 88.7 Å². The highest BCUT2D eigenvalue weighted by molar-refractivity contribution is 6.03. The maximum Gasteiger partial charge on any atom is 0.307 e. The molecule has 1 saturated carbocycles. The number of aromatic nitrogens is 1. The minimum absolute atomic E-state index is 0.0366. The first kappa shape index (κ1) is 22.8. The zero-order valence-electron chi connectivity index (χ0n) is 19.5. The predicted octanol–water partition coefficient (Wildman–Crippen LogP) is 5.99. The number of carbonyl (C=O) groups excluding carboxylic acids is 1. The van der Waals surface area contributed by atoms with Gasteiger partial charge in [-0.05, 0) is 87.3 Å². The number of benzene rings is 2. The third-order valence-electron chi connectivity index (χ3n) is 6.54. The Balaban J connectivity index is 1.47. The van der Waals surface area contributed by atoms with E-state index < -0.39 is 5.97 Å². The van der Waals surface area contributed by atoms with Crippen molar-refractivity contribution < 1.29 is 14.7 Å². The Morgan fingerprint density at radius 2 is 1.82 bits per heavy atom. The normalized spacial score (nSPS) is 17.2. The first-order valence-electron chi connectivity index (χ1n) is 11.7. The van der Waals surface area contributed by atoms with Crippen molar-refractivity contribution in [3.63, 3.8) is 0 Å². The van der Waals surface area contributed by atoms with E-state index in [0.717, 1.165) is 36.1 Å². The molecule has 0 radical (unpaired) electrons. The van der Waals surface area contributed by atoms with E-state index in [-0.39, 0.29) is 23.8 Å². The zero-order valence-corrected chi connectivity index (χ0v) is 19.5. The molecule has 33 heavy (non-hydrogen) atoms. The fourth-order valence-corrected chi connectivity index (χ4v) is 4.64. The monoisotopic (exact) mass is 444 g/mol. The molecule has 172 valence electrons. The maximum absolute atomic E-state index is 13.2. The van der Waals surface area contributed by atoms with Crippen LogP contribution in [0.4, 0.5) is 5.69 Å². The van der Waals surface area contributed by atoms with Gasteiger partial charge in [-0.2, -0.15) is 0 Å². The van der Waals surface area contributed by atoms with Crippen molar-refractivity contribution in [1.29, 1.82) is 0 Å². The van der Waals surface area contributed by atoms with E-state index in [1.807, 2.05) is 37.3 Å². The summed E-state index contributed by atoms with van der Waals surface area (Å²) in [5, 5.41) is 12.3. The molecule has 1 aliphatic carbocycles. The van der Waals surface area contributed by atoms with Crippen LogP contribution in [0.1, 0.15) is 71.5 Å². The molecular weight excluding hydrogens is 412 g/mol. The molecular formula is C28H32N2O3. The van der Waals surface area contributed by atoms with Gasteiger partial charge in [-0.25, -0.2) is 0 Å². The van der Waals surface area contributed by atoms with E-state index in [2.05, 4.69) is 54.1 Å². The van der Waals surface area contributed by atoms with Crippen molar-refractivity contribution >= 4 is 17.6 Å². The molecule has 0 spiro atoms. The number of aryl methyl sites for hydroxylation is 3. The van der Waals surface area contributed by atoms with Crippen LogP contribution in [-0.2, 0) is 17.6 Å². The fraction of sp³-hybridized carbons (Fsp3) is 0.357. The molecule has 4 rings (SSSR count). The number of carbonyl (C=O) groups is 2. The lowest BCUT2D eigenvalue weighted by atomic mass is 10.0. The molecule has 0 aliphatic heterocycles. The van der Waals surface area contributed by atoms with Gasteiger partial charge in [-0.3, -0.25) is 9.59 Å². The van der Waals surface area contributed by atoms with Crippen LogP contribution < -0.4 is 5.32 Å². The van der Waals surface area contributed by atoms with E-state index in [1.54, 1.807) is 0 Å². The van der Waals surface area contributed by atoms with Gasteiger partial charge in [-0.1, -0.05) is 42.5 Å². The Hall–Kier alpha value is -3.34. The number of amides is 1. The first-order valence-corrected chi connectivity index (χ1v) is 11.7. The molecule has 1 amide bonds. The lowest BCUT2D eigenvalue weighted by Gasteiger charge is -2.18. The number of nitrogens with zero attached hydrogens (tertiary/aromatic N) is 1. The quantitative estimate of drug-likeness (QED) is 0.426. The van der Waals surface area contributed by atoms with Crippen LogP contribution in [-0.4, -0.2) is 21.6 Å². The summed E-state index contributed by atoms with van der Waals surface area (Å²) in [6, 6.07) is 20.5. The lowest BCUT2D eigenvalue weighted by molar-refractivity contribution is -0.138. The lowest BCUT2D eigenvalue weighted by Crippen LogP contribution is -2.20. The summed E-state index contributed by atoms with van der Waals surface area (Å²) in [4.78, 5) is 24.5. The van der Waals surface area contributed by atoms with Gasteiger partial charge in [-0.15, -0.1) is 0 Å². The average molecular weight is 445 g/mol. The Bertz CT molecular complexity index is 1150. The average Bonchev–Trinajstić information content (AvgIpc) is 3.48. The summed E-state index contributed by atoms with van der Waals surface area (Å²) < 4.78 is 2.13. The van der Waals surface area contributed by atoms with E-state index in [0.29, 0.717) is 12.1 Å². The summed E-state index contributed by atoms with van der Waals surface area (Å²) in [6.07, 6.45) is 3.60. The highest BCUT2D eigenvalue weighted by atomic mass is 16.4. The van der Waals surface area contributed by atoms with E-state index in [9.17, 15) is 14.7 Å². The first-order chi connectivity index (χ1) is 15.8. The molecule has 0 unspecified atom stereocenters. The second-order valence-electron chi connectivity index (χ2n) is 9.33. The van der Waals surface area contributed by atoms with Crippen LogP contribution in [0.3, 0.4) is 0 Å². The minimum Gasteiger partial charge on any atom is -0.481 e. The van der Waals surface area contributed by atoms with E-state index >= 15 is 0 Å². The summed E-state index contributed by atoms with van der Waals surface area (Å²) in [7, 11) is 0. The summed E-state index contributed by atoms with van der Waals surface area (Å²) in [5.74, 6) is -1.16. The number of anilines is 1. The van der Waals surface area contributed by atoms with Gasteiger partial charge >= 0.3 is 5.97 Å². The van der Waals surface area contributed by atoms with Gasteiger partial charge in [0.1, 0.15) is 5.69 Å². The van der Waals surface area contributed by atoms with Crippen molar-refractivity contribution in [2.45, 2.75) is 58.4 Å². The zero-order chi connectivity index (χ0) is 23.5. The standard InChI is InChI=1S/C28H32N2O3/c1-18(2)30-22(11-7-10-20-8-5-4-6-9-20)14-15-26(30)27(31)29-25-16-21(13-12-19(25)3)23-17-24(23)28(32)33/h4-6,8-9,12-16,18,23-24H,7,10-11,17H2,1-3H3,(H,29,31)(H,32,33)/t23-,24+/m0/s1. The SMILES string of the molecule is Cc1ccc([C@@H]2C[C@H]2C(=O)O)cc1NC(=O)c1ccc(CCCc2ccccc2)n1C(C)C. The highest BCUT2D eigenvalue weighted by Crippen LogP contribution is 2.48. The molecule has 2 aromatic carbocycles. The van der Waals surface area contributed by atoms with Crippen LogP contribution in [0.15, 0.2) is 60.7 Å². The second kappa shape index (κ2) is 9.65. The fourth-order valence-electron chi connectivity index (χ4n) is 4.64. The predicted molar refractivity (Wildman–Crippen MR) is 131 cm³/mol. The molecule has 3 aromatic rings. The Kier molecular flexibility index (Phi) is 6.68. The van der Waals surface area contributed by atoms with Gasteiger partial charge in [0.25, 0.3) is 5.91 Å². The summed E-state index contributed by atoms with van der Waals surface area (Å²) >= 11 is 0. The Morgan fingerprint density at radius 3 is 2.48 bits per heavy atom. The minimum atomic E-state index is -0.749. The van der Waals surface area contributed by atoms with Crippen LogP contribution in [0.25, 0.3) is 0 Å². The highest BCUT2D eigenvalue weighted by Gasteiger charge is 2.44. The molecule has 5 heteroatoms. The van der Waals surface area contributed by atoms with Gasteiger partial charge < -0.3 is 15.0 Å². The maximum atomic E-state index is 13.2. The number of nitrogens with one attached hydrogen (secondary N) is 1. The van der Waals surface area contributed by atoms with Crippen molar-refractivity contribution in [2.75, 3.05) is 5.32 Å². The second-order valence-corrected chi connectivity index (χ2v) is 9.33. The van der Waals surface area contributed by atoms with Gasteiger partial charge in [0.15, 0.2) is 0 Å². The van der Waals surface area contributed by atoms with E-state index in [1.165, 1.54) is 11.3 Å². The molecule has 1 aliphatic rings. The van der Waals surface area contributed by atoms with Crippen molar-refractivity contribution in [3.8, 4) is 0 Å². The van der Waals surface area contributed by atoms with Crippen LogP contribution in [0.5, 0.6) is 0 Å². The molecule has 0 saturated heterocycles. The van der Waals surface area contributed by atoms with Crippen LogP contribution >= 0.6 is 0 Å². The van der Waals surface area contributed by atoms with Crippen molar-refractivity contribution in [1.82, 2.24) is 4.57 Å². The molecule has 5 nitrogen and oxygen atoms in total. The van der Waals surface area contributed by atoms with Gasteiger partial charge in [0.2, 0.25) is 0 Å². The smallest absolute Gasteiger partial charge is 0.307 e. The molecule has 1 heterocycles. The van der Waals surface area contributed by atoms with Crippen LogP contribution in [0, 0.1) is 12.8 Å². The molecule has 1 fully saturated rings. The molecule has 1 aromatic heterocycles. The number of aliphatic carboxylic acids is 1. The van der Waals surface area contributed by atoms with Crippen molar-refractivity contribution in [2.24, 2.45) is 5.92 Å². The summed E-state index contributed by atoms with van der Waals surface area (Å²) in [6.45, 7) is 6.16. The summed E-state index contributed by atoms with van der Waals surface area (Å²) in [5.41, 5.74) is 5.83. The Morgan fingerprint density at radius 1 is 1.06 bits per heavy atom. The number of carboxylic acids is 1.